The molecular weight excluding hydrogens is 347 g/mol. The van der Waals surface area contributed by atoms with Crippen LogP contribution in [0.15, 0.2) is 48.5 Å². The number of carbonyl (C=O) groups excluding carboxylic acids is 2. The highest BCUT2D eigenvalue weighted by Crippen LogP contribution is 2.11. The van der Waals surface area contributed by atoms with Gasteiger partial charge in [0.05, 0.1) is 7.11 Å². The summed E-state index contributed by atoms with van der Waals surface area (Å²) >= 11 is 0. The maximum Gasteiger partial charge on any atom is 0.251 e. The number of carbonyl (C=O) groups is 2. The van der Waals surface area contributed by atoms with Gasteiger partial charge in [-0.25, -0.2) is 4.39 Å². The zero-order chi connectivity index (χ0) is 19.8. The number of ether oxygens (including phenoxy) is 1. The molecule has 1 atom stereocenters. The van der Waals surface area contributed by atoms with E-state index in [1.807, 2.05) is 38.1 Å². The molecule has 144 valence electrons. The summed E-state index contributed by atoms with van der Waals surface area (Å²) in [6, 6.07) is 12.2. The zero-order valence-corrected chi connectivity index (χ0v) is 15.8. The van der Waals surface area contributed by atoms with E-state index in [9.17, 15) is 14.0 Å². The molecule has 5 nitrogen and oxygen atoms in total. The molecule has 2 aromatic carbocycles. The molecule has 0 aliphatic heterocycles. The molecule has 0 heterocycles. The lowest BCUT2D eigenvalue weighted by atomic mass is 10.0. The van der Waals surface area contributed by atoms with E-state index in [1.54, 1.807) is 7.11 Å². The van der Waals surface area contributed by atoms with E-state index >= 15 is 0 Å². The first kappa shape index (κ1) is 20.4. The second-order valence-electron chi connectivity index (χ2n) is 6.59. The highest BCUT2D eigenvalue weighted by molar-refractivity contribution is 5.97. The predicted octanol–water partition coefficient (Wildman–Crippen LogP) is 2.95. The summed E-state index contributed by atoms with van der Waals surface area (Å²) in [6.07, 6.45) is 0.673. The first-order chi connectivity index (χ1) is 12.9. The van der Waals surface area contributed by atoms with Gasteiger partial charge in [0.2, 0.25) is 5.91 Å². The standard InChI is InChI=1S/C21H25FN2O3/c1-14(2)19(24-20(25)16-6-8-17(22)9-7-16)21(26)23-13-12-15-4-10-18(27-3)11-5-15/h4-11,14,19H,12-13H2,1-3H3,(H,23,26)(H,24,25)/t19-/m0/s1. The fourth-order valence-electron chi connectivity index (χ4n) is 2.59. The topological polar surface area (TPSA) is 67.4 Å². The molecule has 27 heavy (non-hydrogen) atoms. The van der Waals surface area contributed by atoms with E-state index in [2.05, 4.69) is 10.6 Å². The third-order valence-electron chi connectivity index (χ3n) is 4.21. The fourth-order valence-corrected chi connectivity index (χ4v) is 2.59. The molecule has 0 aliphatic carbocycles. The summed E-state index contributed by atoms with van der Waals surface area (Å²) < 4.78 is 18.1. The predicted molar refractivity (Wildman–Crippen MR) is 102 cm³/mol. The normalized spacial score (nSPS) is 11.7. The lowest BCUT2D eigenvalue weighted by molar-refractivity contribution is -0.123. The monoisotopic (exact) mass is 372 g/mol. The van der Waals surface area contributed by atoms with Crippen LogP contribution in [0.1, 0.15) is 29.8 Å². The van der Waals surface area contributed by atoms with Crippen LogP contribution in [0.5, 0.6) is 5.75 Å². The Morgan fingerprint density at radius 1 is 1.04 bits per heavy atom. The Balaban J connectivity index is 1.89. The fraction of sp³-hybridized carbons (Fsp3) is 0.333. The second-order valence-corrected chi connectivity index (χ2v) is 6.59. The molecule has 2 N–H and O–H groups in total. The summed E-state index contributed by atoms with van der Waals surface area (Å²) in [5, 5.41) is 5.59. The minimum Gasteiger partial charge on any atom is -0.497 e. The smallest absolute Gasteiger partial charge is 0.251 e. The molecule has 2 amide bonds. The maximum atomic E-state index is 13.0. The Morgan fingerprint density at radius 2 is 1.67 bits per heavy atom. The molecule has 0 saturated carbocycles. The van der Waals surface area contributed by atoms with Gasteiger partial charge in [0, 0.05) is 12.1 Å². The van der Waals surface area contributed by atoms with Gasteiger partial charge in [-0.1, -0.05) is 26.0 Å². The molecule has 0 unspecified atom stereocenters. The van der Waals surface area contributed by atoms with Gasteiger partial charge in [0.1, 0.15) is 17.6 Å². The Labute approximate surface area is 158 Å². The van der Waals surface area contributed by atoms with Crippen LogP contribution >= 0.6 is 0 Å². The molecule has 0 aliphatic rings. The summed E-state index contributed by atoms with van der Waals surface area (Å²) in [5.41, 5.74) is 1.39. The van der Waals surface area contributed by atoms with Gasteiger partial charge in [-0.15, -0.1) is 0 Å². The van der Waals surface area contributed by atoms with Crippen molar-refractivity contribution in [2.75, 3.05) is 13.7 Å². The van der Waals surface area contributed by atoms with Crippen molar-refractivity contribution in [2.45, 2.75) is 26.3 Å². The molecule has 0 saturated heterocycles. The molecule has 2 rings (SSSR count). The van der Waals surface area contributed by atoms with Gasteiger partial charge in [-0.2, -0.15) is 0 Å². The van der Waals surface area contributed by atoms with Crippen LogP contribution in [0.25, 0.3) is 0 Å². The summed E-state index contributed by atoms with van der Waals surface area (Å²) in [5.74, 6) is -0.363. The van der Waals surface area contributed by atoms with Crippen molar-refractivity contribution < 1.29 is 18.7 Å². The molecule has 2 aromatic rings. The van der Waals surface area contributed by atoms with E-state index in [-0.39, 0.29) is 11.8 Å². The van der Waals surface area contributed by atoms with Gasteiger partial charge >= 0.3 is 0 Å². The average Bonchev–Trinajstić information content (AvgIpc) is 2.66. The van der Waals surface area contributed by atoms with Gasteiger partial charge in [0.15, 0.2) is 0 Å². The van der Waals surface area contributed by atoms with Crippen LogP contribution in [0.2, 0.25) is 0 Å². The Bertz CT molecular complexity index is 758. The number of methoxy groups -OCH3 is 1. The minimum atomic E-state index is -0.668. The van der Waals surface area contributed by atoms with Gasteiger partial charge in [-0.3, -0.25) is 9.59 Å². The largest absolute Gasteiger partial charge is 0.497 e. The van der Waals surface area contributed by atoms with Crippen LogP contribution < -0.4 is 15.4 Å². The molecular formula is C21H25FN2O3. The van der Waals surface area contributed by atoms with Crippen molar-refractivity contribution in [2.24, 2.45) is 5.92 Å². The minimum absolute atomic E-state index is 0.0876. The number of nitrogens with one attached hydrogen (secondary N) is 2. The molecule has 0 aromatic heterocycles. The van der Waals surface area contributed by atoms with Crippen molar-refractivity contribution >= 4 is 11.8 Å². The maximum absolute atomic E-state index is 13.0. The molecule has 6 heteroatoms. The summed E-state index contributed by atoms with van der Waals surface area (Å²) in [4.78, 5) is 24.8. The summed E-state index contributed by atoms with van der Waals surface area (Å²) in [6.45, 7) is 4.18. The average molecular weight is 372 g/mol. The van der Waals surface area contributed by atoms with Crippen LogP contribution in [0.4, 0.5) is 4.39 Å². The van der Waals surface area contributed by atoms with Crippen LogP contribution in [-0.4, -0.2) is 31.5 Å². The Morgan fingerprint density at radius 3 is 2.22 bits per heavy atom. The van der Waals surface area contributed by atoms with E-state index in [4.69, 9.17) is 4.74 Å². The van der Waals surface area contributed by atoms with Crippen LogP contribution in [0.3, 0.4) is 0 Å². The third-order valence-corrected chi connectivity index (χ3v) is 4.21. The summed E-state index contributed by atoms with van der Waals surface area (Å²) in [7, 11) is 1.61. The van der Waals surface area contributed by atoms with E-state index in [0.717, 1.165) is 11.3 Å². The molecule has 0 bridgehead atoms. The molecule has 0 radical (unpaired) electrons. The first-order valence-corrected chi connectivity index (χ1v) is 8.87. The number of hydrogen-bond acceptors (Lipinski definition) is 3. The van der Waals surface area contributed by atoms with Crippen molar-refractivity contribution in [1.29, 1.82) is 0 Å². The number of halogens is 1. The Hall–Kier alpha value is -2.89. The van der Waals surface area contributed by atoms with Crippen molar-refractivity contribution in [3.8, 4) is 5.75 Å². The van der Waals surface area contributed by atoms with Crippen LogP contribution in [0, 0.1) is 11.7 Å². The van der Waals surface area contributed by atoms with E-state index in [0.29, 0.717) is 18.5 Å². The zero-order valence-electron chi connectivity index (χ0n) is 15.8. The van der Waals surface area contributed by atoms with Crippen molar-refractivity contribution in [3.05, 3.63) is 65.5 Å². The molecule has 0 fully saturated rings. The highest BCUT2D eigenvalue weighted by atomic mass is 19.1. The van der Waals surface area contributed by atoms with E-state index < -0.39 is 17.8 Å². The van der Waals surface area contributed by atoms with E-state index in [1.165, 1.54) is 24.3 Å². The third kappa shape index (κ3) is 6.09. The SMILES string of the molecule is COc1ccc(CCNC(=O)[C@@H](NC(=O)c2ccc(F)cc2)C(C)C)cc1. The van der Waals surface area contributed by atoms with Crippen molar-refractivity contribution in [1.82, 2.24) is 10.6 Å². The lowest BCUT2D eigenvalue weighted by Gasteiger charge is -2.22. The number of benzene rings is 2. The highest BCUT2D eigenvalue weighted by Gasteiger charge is 2.24. The van der Waals surface area contributed by atoms with Gasteiger partial charge < -0.3 is 15.4 Å². The number of amides is 2. The number of rotatable bonds is 8. The van der Waals surface area contributed by atoms with Gasteiger partial charge in [-0.05, 0) is 54.3 Å². The van der Waals surface area contributed by atoms with Gasteiger partial charge in [0.25, 0.3) is 5.91 Å². The lowest BCUT2D eigenvalue weighted by Crippen LogP contribution is -2.50. The number of hydrogen-bond donors (Lipinski definition) is 2. The second kappa shape index (κ2) is 9.71. The van der Waals surface area contributed by atoms with Crippen LogP contribution in [-0.2, 0) is 11.2 Å². The first-order valence-electron chi connectivity index (χ1n) is 8.87. The quantitative estimate of drug-likeness (QED) is 0.749. The van der Waals surface area contributed by atoms with Crippen molar-refractivity contribution in [3.63, 3.8) is 0 Å². The molecule has 0 spiro atoms. The Kier molecular flexibility index (Phi) is 7.34.